The Hall–Kier alpha value is -2.06. The quantitative estimate of drug-likeness (QED) is 0.443. The predicted octanol–water partition coefficient (Wildman–Crippen LogP) is 5.08. The largest absolute Gasteiger partial charge is 0.493 e. The van der Waals surface area contributed by atoms with Gasteiger partial charge in [0.25, 0.3) is 0 Å². The minimum absolute atomic E-state index is 0.431. The second kappa shape index (κ2) is 9.59. The Morgan fingerprint density at radius 2 is 2.00 bits per heavy atom. The summed E-state index contributed by atoms with van der Waals surface area (Å²) in [7, 11) is 1.57. The Kier molecular flexibility index (Phi) is 7.47. The molecule has 2 N–H and O–H groups in total. The Balaban J connectivity index is 2.02. The summed E-state index contributed by atoms with van der Waals surface area (Å²) in [5, 5.41) is 6.67. The van der Waals surface area contributed by atoms with Gasteiger partial charge in [-0.2, -0.15) is 5.10 Å². The normalized spacial score (nSPS) is 10.7. The highest BCUT2D eigenvalue weighted by atomic mass is 79.9. The molecule has 0 aliphatic rings. The molecule has 0 aromatic heterocycles. The highest BCUT2D eigenvalue weighted by Crippen LogP contribution is 2.36. The van der Waals surface area contributed by atoms with E-state index in [1.54, 1.807) is 19.2 Å². The molecule has 8 heteroatoms. The van der Waals surface area contributed by atoms with Gasteiger partial charge in [-0.25, -0.2) is 10.2 Å². The van der Waals surface area contributed by atoms with Crippen LogP contribution in [0.15, 0.2) is 44.4 Å². The van der Waals surface area contributed by atoms with Crippen LogP contribution >= 0.6 is 31.9 Å². The second-order valence-electron chi connectivity index (χ2n) is 5.26. The number of urea groups is 1. The monoisotopic (exact) mass is 483 g/mol. The van der Waals surface area contributed by atoms with Crippen molar-refractivity contribution in [3.05, 3.63) is 50.4 Å². The number of nitrogens with zero attached hydrogens (tertiary/aromatic N) is 1. The molecule has 0 bridgehead atoms. The number of amides is 2. The van der Waals surface area contributed by atoms with Gasteiger partial charge < -0.3 is 14.8 Å². The molecule has 138 valence electrons. The zero-order valence-electron chi connectivity index (χ0n) is 14.6. The molecule has 0 saturated carbocycles. The van der Waals surface area contributed by atoms with Crippen molar-refractivity contribution in [1.82, 2.24) is 5.43 Å². The summed E-state index contributed by atoms with van der Waals surface area (Å²) in [5.74, 6) is 1.21. The van der Waals surface area contributed by atoms with Crippen LogP contribution in [0, 0.1) is 6.92 Å². The van der Waals surface area contributed by atoms with Crippen LogP contribution in [-0.4, -0.2) is 26.0 Å². The van der Waals surface area contributed by atoms with E-state index in [0.717, 1.165) is 20.1 Å². The summed E-state index contributed by atoms with van der Waals surface area (Å²) in [6.45, 7) is 4.37. The van der Waals surface area contributed by atoms with Crippen LogP contribution in [0.25, 0.3) is 0 Å². The number of hydrogen-bond donors (Lipinski definition) is 2. The number of carbonyl (C=O) groups is 1. The Morgan fingerprint density at radius 3 is 2.65 bits per heavy atom. The van der Waals surface area contributed by atoms with Gasteiger partial charge in [-0.3, -0.25) is 0 Å². The van der Waals surface area contributed by atoms with E-state index in [2.05, 4.69) is 47.7 Å². The van der Waals surface area contributed by atoms with Gasteiger partial charge in [0, 0.05) is 10.2 Å². The van der Waals surface area contributed by atoms with Crippen molar-refractivity contribution >= 4 is 49.8 Å². The number of methoxy groups -OCH3 is 1. The first-order chi connectivity index (χ1) is 12.4. The molecule has 2 amide bonds. The summed E-state index contributed by atoms with van der Waals surface area (Å²) in [6.07, 6.45) is 1.52. The van der Waals surface area contributed by atoms with Crippen LogP contribution in [0.1, 0.15) is 18.1 Å². The van der Waals surface area contributed by atoms with Crippen molar-refractivity contribution in [2.45, 2.75) is 13.8 Å². The van der Waals surface area contributed by atoms with E-state index in [0.29, 0.717) is 23.8 Å². The molecule has 0 atom stereocenters. The number of anilines is 1. The average Bonchev–Trinajstić information content (AvgIpc) is 2.60. The highest BCUT2D eigenvalue weighted by molar-refractivity contribution is 9.10. The van der Waals surface area contributed by atoms with E-state index in [1.807, 2.05) is 32.0 Å². The SMILES string of the molecule is CCOc1c(Br)cc(/C=N/NC(=O)Nc2ccc(Br)c(C)c2)cc1OC. The first-order valence-corrected chi connectivity index (χ1v) is 9.39. The summed E-state index contributed by atoms with van der Waals surface area (Å²) < 4.78 is 12.6. The number of ether oxygens (including phenoxy) is 2. The van der Waals surface area contributed by atoms with Gasteiger partial charge in [-0.1, -0.05) is 15.9 Å². The van der Waals surface area contributed by atoms with Crippen molar-refractivity contribution in [3.63, 3.8) is 0 Å². The molecule has 6 nitrogen and oxygen atoms in total. The standard InChI is InChI=1S/C18H19Br2N3O3/c1-4-26-17-15(20)8-12(9-16(17)25-3)10-21-23-18(24)22-13-5-6-14(19)11(2)7-13/h5-10H,4H2,1-3H3,(H2,22,23,24)/b21-10+. The lowest BCUT2D eigenvalue weighted by Crippen LogP contribution is -2.24. The van der Waals surface area contributed by atoms with Crippen LogP contribution in [0.3, 0.4) is 0 Å². The zero-order chi connectivity index (χ0) is 19.1. The minimum Gasteiger partial charge on any atom is -0.493 e. The summed E-state index contributed by atoms with van der Waals surface area (Å²) in [6, 6.07) is 8.71. The number of rotatable bonds is 6. The number of benzene rings is 2. The molecule has 0 heterocycles. The van der Waals surface area contributed by atoms with Gasteiger partial charge in [0.2, 0.25) is 0 Å². The Morgan fingerprint density at radius 1 is 1.23 bits per heavy atom. The topological polar surface area (TPSA) is 72.0 Å². The number of aryl methyl sites for hydroxylation is 1. The zero-order valence-corrected chi connectivity index (χ0v) is 17.8. The lowest BCUT2D eigenvalue weighted by Gasteiger charge is -2.12. The minimum atomic E-state index is -0.431. The fraction of sp³-hybridized carbons (Fsp3) is 0.222. The number of halogens is 2. The summed E-state index contributed by atoms with van der Waals surface area (Å²) >= 11 is 6.87. The van der Waals surface area contributed by atoms with Crippen molar-refractivity contribution in [3.8, 4) is 11.5 Å². The lowest BCUT2D eigenvalue weighted by molar-refractivity contribution is 0.252. The molecule has 0 spiro atoms. The molecule has 2 rings (SSSR count). The molecule has 0 radical (unpaired) electrons. The average molecular weight is 485 g/mol. The molecule has 0 aliphatic carbocycles. The third-order valence-electron chi connectivity index (χ3n) is 3.34. The molecule has 0 fully saturated rings. The van der Waals surface area contributed by atoms with Gasteiger partial charge in [0.1, 0.15) is 0 Å². The van der Waals surface area contributed by atoms with Crippen molar-refractivity contribution in [2.75, 3.05) is 19.0 Å². The molecule has 0 saturated heterocycles. The van der Waals surface area contributed by atoms with Gasteiger partial charge in [-0.15, -0.1) is 0 Å². The van der Waals surface area contributed by atoms with E-state index in [-0.39, 0.29) is 0 Å². The first kappa shape index (κ1) is 20.3. The van der Waals surface area contributed by atoms with E-state index >= 15 is 0 Å². The van der Waals surface area contributed by atoms with Gasteiger partial charge in [0.15, 0.2) is 11.5 Å². The van der Waals surface area contributed by atoms with Crippen LogP contribution in [-0.2, 0) is 0 Å². The molecule has 2 aromatic carbocycles. The van der Waals surface area contributed by atoms with Crippen LogP contribution in [0.2, 0.25) is 0 Å². The molecule has 26 heavy (non-hydrogen) atoms. The molecule has 0 unspecified atom stereocenters. The number of hydrazone groups is 1. The summed E-state index contributed by atoms with van der Waals surface area (Å²) in [4.78, 5) is 11.9. The number of hydrogen-bond acceptors (Lipinski definition) is 4. The lowest BCUT2D eigenvalue weighted by atomic mass is 10.2. The van der Waals surface area contributed by atoms with Gasteiger partial charge in [0.05, 0.1) is 24.4 Å². The van der Waals surface area contributed by atoms with Gasteiger partial charge in [-0.05, 0) is 71.2 Å². The highest BCUT2D eigenvalue weighted by Gasteiger charge is 2.10. The van der Waals surface area contributed by atoms with Crippen LogP contribution in [0.4, 0.5) is 10.5 Å². The van der Waals surface area contributed by atoms with Crippen molar-refractivity contribution in [1.29, 1.82) is 0 Å². The Labute approximate surface area is 169 Å². The molecule has 2 aromatic rings. The fourth-order valence-corrected chi connectivity index (χ4v) is 2.97. The maximum atomic E-state index is 11.9. The molecular formula is C18H19Br2N3O3. The first-order valence-electron chi connectivity index (χ1n) is 7.81. The third-order valence-corrected chi connectivity index (χ3v) is 4.81. The van der Waals surface area contributed by atoms with Gasteiger partial charge >= 0.3 is 6.03 Å². The Bertz CT molecular complexity index is 826. The van der Waals surface area contributed by atoms with E-state index in [9.17, 15) is 4.79 Å². The van der Waals surface area contributed by atoms with Crippen LogP contribution in [0.5, 0.6) is 11.5 Å². The third kappa shape index (κ3) is 5.47. The number of carbonyl (C=O) groups excluding carboxylic acids is 1. The molecular weight excluding hydrogens is 466 g/mol. The smallest absolute Gasteiger partial charge is 0.339 e. The maximum Gasteiger partial charge on any atom is 0.339 e. The molecule has 0 aliphatic heterocycles. The van der Waals surface area contributed by atoms with E-state index < -0.39 is 6.03 Å². The predicted molar refractivity (Wildman–Crippen MR) is 110 cm³/mol. The summed E-state index contributed by atoms with van der Waals surface area (Å²) in [5.41, 5.74) is 4.89. The maximum absolute atomic E-state index is 11.9. The van der Waals surface area contributed by atoms with E-state index in [4.69, 9.17) is 9.47 Å². The fourth-order valence-electron chi connectivity index (χ4n) is 2.15. The second-order valence-corrected chi connectivity index (χ2v) is 6.96. The van der Waals surface area contributed by atoms with Crippen LogP contribution < -0.4 is 20.2 Å². The van der Waals surface area contributed by atoms with Crippen molar-refractivity contribution in [2.24, 2.45) is 5.10 Å². The van der Waals surface area contributed by atoms with Crippen molar-refractivity contribution < 1.29 is 14.3 Å². The van der Waals surface area contributed by atoms with E-state index in [1.165, 1.54) is 6.21 Å². The number of nitrogens with one attached hydrogen (secondary N) is 2.